The van der Waals surface area contributed by atoms with Gasteiger partial charge in [-0.1, -0.05) is 35.4 Å². The van der Waals surface area contributed by atoms with Crippen molar-refractivity contribution in [1.82, 2.24) is 15.0 Å². The van der Waals surface area contributed by atoms with Gasteiger partial charge in [0.15, 0.2) is 5.65 Å². The first kappa shape index (κ1) is 10.3. The Bertz CT molecular complexity index is 688. The number of hydrogen-bond acceptors (Lipinski definition) is 2. The van der Waals surface area contributed by atoms with Gasteiger partial charge < -0.3 is 4.98 Å². The van der Waals surface area contributed by atoms with Crippen molar-refractivity contribution < 1.29 is 0 Å². The van der Waals surface area contributed by atoms with Crippen LogP contribution in [0.3, 0.4) is 0 Å². The summed E-state index contributed by atoms with van der Waals surface area (Å²) < 4.78 is 0. The van der Waals surface area contributed by atoms with Gasteiger partial charge >= 0.3 is 0 Å². The molecule has 2 aromatic heterocycles. The summed E-state index contributed by atoms with van der Waals surface area (Å²) in [6.45, 7) is 2.06. The summed E-state index contributed by atoms with van der Waals surface area (Å²) in [6, 6.07) is 10.0. The van der Waals surface area contributed by atoms with Crippen molar-refractivity contribution in [3.05, 3.63) is 47.1 Å². The number of aromatic nitrogens is 3. The Morgan fingerprint density at radius 1 is 1.24 bits per heavy atom. The number of nitrogens with one attached hydrogen (secondary N) is 1. The van der Waals surface area contributed by atoms with Gasteiger partial charge in [-0.25, -0.2) is 9.97 Å². The molecule has 84 valence electrons. The normalized spacial score (nSPS) is 10.9. The van der Waals surface area contributed by atoms with Crippen molar-refractivity contribution >= 4 is 22.8 Å². The highest BCUT2D eigenvalue weighted by molar-refractivity contribution is 6.31. The molecule has 0 saturated carbocycles. The number of hydrogen-bond donors (Lipinski definition) is 1. The second kappa shape index (κ2) is 3.86. The van der Waals surface area contributed by atoms with Crippen LogP contribution in [-0.4, -0.2) is 15.0 Å². The van der Waals surface area contributed by atoms with Gasteiger partial charge in [0.05, 0.1) is 10.5 Å². The number of H-pyrrole nitrogens is 1. The number of aromatic amines is 1. The summed E-state index contributed by atoms with van der Waals surface area (Å²) >= 11 is 5.89. The molecule has 2 heterocycles. The summed E-state index contributed by atoms with van der Waals surface area (Å²) in [4.78, 5) is 11.8. The van der Waals surface area contributed by atoms with Gasteiger partial charge in [-0.2, -0.15) is 0 Å². The van der Waals surface area contributed by atoms with Crippen molar-refractivity contribution in [3.8, 4) is 11.4 Å². The standard InChI is InChI=1S/C13H10ClN3/c1-8-3-2-4-9(5-8)12-16-11-6-10(14)7-15-13(11)17-12/h2-7H,1H3,(H,15,16,17). The highest BCUT2D eigenvalue weighted by Crippen LogP contribution is 2.21. The number of aryl methyl sites for hydroxylation is 1. The summed E-state index contributed by atoms with van der Waals surface area (Å²) in [6.07, 6.45) is 1.60. The van der Waals surface area contributed by atoms with E-state index in [1.165, 1.54) is 5.56 Å². The van der Waals surface area contributed by atoms with E-state index < -0.39 is 0 Å². The minimum atomic E-state index is 0.608. The third-order valence-electron chi connectivity index (χ3n) is 2.60. The fraction of sp³-hybridized carbons (Fsp3) is 0.0769. The Balaban J connectivity index is 2.18. The summed E-state index contributed by atoms with van der Waals surface area (Å²) in [5, 5.41) is 0.608. The average Bonchev–Trinajstić information content (AvgIpc) is 2.72. The van der Waals surface area contributed by atoms with Crippen molar-refractivity contribution in [2.24, 2.45) is 0 Å². The van der Waals surface area contributed by atoms with Gasteiger partial charge in [-0.3, -0.25) is 0 Å². The van der Waals surface area contributed by atoms with Crippen LogP contribution in [0.4, 0.5) is 0 Å². The largest absolute Gasteiger partial charge is 0.337 e. The first-order valence-corrected chi connectivity index (χ1v) is 5.68. The van der Waals surface area contributed by atoms with E-state index in [9.17, 15) is 0 Å². The molecule has 0 spiro atoms. The van der Waals surface area contributed by atoms with Gasteiger partial charge in [-0.15, -0.1) is 0 Å². The number of nitrogens with zero attached hydrogens (tertiary/aromatic N) is 2. The molecule has 17 heavy (non-hydrogen) atoms. The molecule has 0 radical (unpaired) electrons. The maximum atomic E-state index is 5.89. The molecule has 0 aliphatic carbocycles. The summed E-state index contributed by atoms with van der Waals surface area (Å²) in [7, 11) is 0. The van der Waals surface area contributed by atoms with Crippen LogP contribution < -0.4 is 0 Å². The fourth-order valence-electron chi connectivity index (χ4n) is 1.80. The predicted molar refractivity (Wildman–Crippen MR) is 69.1 cm³/mol. The molecule has 0 aliphatic rings. The third-order valence-corrected chi connectivity index (χ3v) is 2.80. The molecular weight excluding hydrogens is 234 g/mol. The topological polar surface area (TPSA) is 41.6 Å². The maximum absolute atomic E-state index is 5.89. The Labute approximate surface area is 103 Å². The van der Waals surface area contributed by atoms with Crippen LogP contribution in [0, 0.1) is 6.92 Å². The zero-order chi connectivity index (χ0) is 11.8. The first-order valence-electron chi connectivity index (χ1n) is 5.31. The lowest BCUT2D eigenvalue weighted by Crippen LogP contribution is -1.81. The van der Waals surface area contributed by atoms with Crippen LogP contribution in [-0.2, 0) is 0 Å². The van der Waals surface area contributed by atoms with E-state index in [1.807, 2.05) is 18.2 Å². The lowest BCUT2D eigenvalue weighted by atomic mass is 10.1. The molecule has 0 unspecified atom stereocenters. The Hall–Kier alpha value is -1.87. The molecule has 4 heteroatoms. The van der Waals surface area contributed by atoms with Crippen molar-refractivity contribution in [2.45, 2.75) is 6.92 Å². The molecule has 3 aromatic rings. The number of rotatable bonds is 1. The van der Waals surface area contributed by atoms with Crippen LogP contribution in [0.2, 0.25) is 5.02 Å². The van der Waals surface area contributed by atoms with Gasteiger partial charge in [0.2, 0.25) is 0 Å². The van der Waals surface area contributed by atoms with Crippen LogP contribution >= 0.6 is 11.6 Å². The van der Waals surface area contributed by atoms with E-state index >= 15 is 0 Å². The first-order chi connectivity index (χ1) is 8.22. The van der Waals surface area contributed by atoms with E-state index in [0.717, 1.165) is 16.9 Å². The van der Waals surface area contributed by atoms with Crippen molar-refractivity contribution in [3.63, 3.8) is 0 Å². The highest BCUT2D eigenvalue weighted by Gasteiger charge is 2.06. The van der Waals surface area contributed by atoms with Crippen molar-refractivity contribution in [1.29, 1.82) is 0 Å². The zero-order valence-electron chi connectivity index (χ0n) is 9.24. The molecule has 0 bridgehead atoms. The molecule has 0 fully saturated rings. The lowest BCUT2D eigenvalue weighted by molar-refractivity contribution is 1.29. The van der Waals surface area contributed by atoms with Crippen LogP contribution in [0.25, 0.3) is 22.6 Å². The van der Waals surface area contributed by atoms with E-state index in [4.69, 9.17) is 11.6 Å². The molecule has 0 atom stereocenters. The smallest absolute Gasteiger partial charge is 0.178 e. The molecule has 0 aliphatic heterocycles. The number of halogens is 1. The fourth-order valence-corrected chi connectivity index (χ4v) is 1.96. The second-order valence-corrected chi connectivity index (χ2v) is 4.42. The van der Waals surface area contributed by atoms with E-state index in [2.05, 4.69) is 34.0 Å². The maximum Gasteiger partial charge on any atom is 0.178 e. The zero-order valence-corrected chi connectivity index (χ0v) is 9.99. The van der Waals surface area contributed by atoms with Gasteiger partial charge in [0, 0.05) is 11.8 Å². The number of imidazole rings is 1. The lowest BCUT2D eigenvalue weighted by Gasteiger charge is -1.97. The second-order valence-electron chi connectivity index (χ2n) is 3.98. The Morgan fingerprint density at radius 3 is 2.94 bits per heavy atom. The van der Waals surface area contributed by atoms with Gasteiger partial charge in [0.25, 0.3) is 0 Å². The summed E-state index contributed by atoms with van der Waals surface area (Å²) in [5.74, 6) is 0.818. The van der Waals surface area contributed by atoms with Crippen molar-refractivity contribution in [2.75, 3.05) is 0 Å². The molecule has 3 rings (SSSR count). The molecular formula is C13H10ClN3. The van der Waals surface area contributed by atoms with E-state index in [1.54, 1.807) is 6.20 Å². The third kappa shape index (κ3) is 1.89. The number of fused-ring (bicyclic) bond motifs is 1. The van der Waals surface area contributed by atoms with E-state index in [-0.39, 0.29) is 0 Å². The minimum Gasteiger partial charge on any atom is -0.337 e. The summed E-state index contributed by atoms with van der Waals surface area (Å²) in [5.41, 5.74) is 3.80. The SMILES string of the molecule is Cc1cccc(-c2nc3ncc(Cl)cc3[nH]2)c1. The Morgan fingerprint density at radius 2 is 2.12 bits per heavy atom. The number of benzene rings is 1. The molecule has 1 N–H and O–H groups in total. The molecule has 0 amide bonds. The Kier molecular flexibility index (Phi) is 2.34. The van der Waals surface area contributed by atoms with Crippen LogP contribution in [0.5, 0.6) is 0 Å². The molecule has 3 nitrogen and oxygen atoms in total. The van der Waals surface area contributed by atoms with Crippen LogP contribution in [0.15, 0.2) is 36.5 Å². The minimum absolute atomic E-state index is 0.608. The average molecular weight is 244 g/mol. The van der Waals surface area contributed by atoms with Gasteiger partial charge in [0.1, 0.15) is 5.82 Å². The number of pyridine rings is 1. The monoisotopic (exact) mass is 243 g/mol. The molecule has 0 saturated heterocycles. The van der Waals surface area contributed by atoms with E-state index in [0.29, 0.717) is 10.7 Å². The predicted octanol–water partition coefficient (Wildman–Crippen LogP) is 3.59. The van der Waals surface area contributed by atoms with Crippen LogP contribution in [0.1, 0.15) is 5.56 Å². The molecule has 1 aromatic carbocycles. The highest BCUT2D eigenvalue weighted by atomic mass is 35.5. The van der Waals surface area contributed by atoms with Gasteiger partial charge in [-0.05, 0) is 19.1 Å². The quantitative estimate of drug-likeness (QED) is 0.710.